The molecule has 148 valence electrons. The Balaban J connectivity index is 1.75. The number of para-hydroxylation sites is 1. The average Bonchev–Trinajstić information content (AvgIpc) is 2.72. The van der Waals surface area contributed by atoms with Gasteiger partial charge in [0.25, 0.3) is 11.8 Å². The van der Waals surface area contributed by atoms with Crippen molar-refractivity contribution in [3.63, 3.8) is 0 Å². The van der Waals surface area contributed by atoms with Crippen LogP contribution in [-0.2, 0) is 9.53 Å². The van der Waals surface area contributed by atoms with E-state index in [4.69, 9.17) is 15.2 Å². The molecule has 1 fully saturated rings. The van der Waals surface area contributed by atoms with Crippen LogP contribution in [0.2, 0.25) is 0 Å². The fourth-order valence-corrected chi connectivity index (χ4v) is 3.48. The number of carbonyl (C=O) groups is 2. The highest BCUT2D eigenvalue weighted by Gasteiger charge is 2.32. The Morgan fingerprint density at radius 1 is 1.11 bits per heavy atom. The molecule has 0 aliphatic carbocycles. The Bertz CT molecular complexity index is 809. The quantitative estimate of drug-likeness (QED) is 0.770. The van der Waals surface area contributed by atoms with Gasteiger partial charge in [0.2, 0.25) is 0 Å². The SMILES string of the molecule is CC[C@H]1C[C@@H](NC(=O)c2ccccc2)C[C@@H](c2ccccc2OCC(N)=O)O1. The maximum atomic E-state index is 12.6. The summed E-state index contributed by atoms with van der Waals surface area (Å²) in [6, 6.07) is 16.7. The van der Waals surface area contributed by atoms with Crippen LogP contribution < -0.4 is 15.8 Å². The average molecular weight is 382 g/mol. The zero-order valence-corrected chi connectivity index (χ0v) is 16.0. The lowest BCUT2D eigenvalue weighted by molar-refractivity contribution is -0.120. The van der Waals surface area contributed by atoms with Crippen molar-refractivity contribution in [2.24, 2.45) is 5.73 Å². The number of rotatable bonds is 7. The van der Waals surface area contributed by atoms with Crippen LogP contribution in [0, 0.1) is 0 Å². The lowest BCUT2D eigenvalue weighted by Gasteiger charge is -2.36. The number of primary amides is 1. The molecular weight excluding hydrogens is 356 g/mol. The van der Waals surface area contributed by atoms with Gasteiger partial charge in [0, 0.05) is 17.2 Å². The first-order valence-electron chi connectivity index (χ1n) is 9.58. The fraction of sp³-hybridized carbons (Fsp3) is 0.364. The van der Waals surface area contributed by atoms with Crippen LogP contribution in [0.3, 0.4) is 0 Å². The van der Waals surface area contributed by atoms with Gasteiger partial charge < -0.3 is 20.5 Å². The lowest BCUT2D eigenvalue weighted by atomic mass is 9.92. The van der Waals surface area contributed by atoms with E-state index in [-0.39, 0.29) is 30.8 Å². The molecule has 2 amide bonds. The third-order valence-corrected chi connectivity index (χ3v) is 4.87. The Morgan fingerprint density at radius 2 is 1.82 bits per heavy atom. The van der Waals surface area contributed by atoms with Crippen molar-refractivity contribution in [1.82, 2.24) is 5.32 Å². The summed E-state index contributed by atoms with van der Waals surface area (Å²) in [5.41, 5.74) is 6.71. The van der Waals surface area contributed by atoms with Gasteiger partial charge in [-0.05, 0) is 37.5 Å². The van der Waals surface area contributed by atoms with Gasteiger partial charge in [0.15, 0.2) is 6.61 Å². The number of nitrogens with one attached hydrogen (secondary N) is 1. The monoisotopic (exact) mass is 382 g/mol. The number of nitrogens with two attached hydrogens (primary N) is 1. The maximum Gasteiger partial charge on any atom is 0.255 e. The van der Waals surface area contributed by atoms with Crippen molar-refractivity contribution >= 4 is 11.8 Å². The van der Waals surface area contributed by atoms with Gasteiger partial charge in [-0.3, -0.25) is 9.59 Å². The van der Waals surface area contributed by atoms with Gasteiger partial charge in [-0.1, -0.05) is 43.3 Å². The van der Waals surface area contributed by atoms with Gasteiger partial charge in [0.05, 0.1) is 12.2 Å². The summed E-state index contributed by atoms with van der Waals surface area (Å²) < 4.78 is 11.8. The molecule has 0 unspecified atom stereocenters. The number of amides is 2. The van der Waals surface area contributed by atoms with E-state index in [1.807, 2.05) is 36.4 Å². The molecule has 1 aliphatic rings. The van der Waals surface area contributed by atoms with Crippen molar-refractivity contribution in [1.29, 1.82) is 0 Å². The summed E-state index contributed by atoms with van der Waals surface area (Å²) >= 11 is 0. The highest BCUT2D eigenvalue weighted by molar-refractivity contribution is 5.94. The van der Waals surface area contributed by atoms with E-state index in [0.717, 1.165) is 18.4 Å². The number of ether oxygens (including phenoxy) is 2. The molecule has 0 saturated carbocycles. The molecule has 2 aromatic rings. The Hall–Kier alpha value is -2.86. The second-order valence-electron chi connectivity index (χ2n) is 6.96. The molecule has 6 nitrogen and oxygen atoms in total. The first kappa shape index (κ1) is 19.9. The highest BCUT2D eigenvalue weighted by Crippen LogP contribution is 2.37. The predicted molar refractivity (Wildman–Crippen MR) is 106 cm³/mol. The maximum absolute atomic E-state index is 12.6. The molecular formula is C22H26N2O4. The summed E-state index contributed by atoms with van der Waals surface area (Å²) in [5.74, 6) is -0.0330. The first-order valence-corrected chi connectivity index (χ1v) is 9.58. The minimum atomic E-state index is -0.529. The van der Waals surface area contributed by atoms with Gasteiger partial charge in [-0.15, -0.1) is 0 Å². The van der Waals surface area contributed by atoms with Crippen LogP contribution in [0.5, 0.6) is 5.75 Å². The third kappa shape index (κ3) is 5.10. The van der Waals surface area contributed by atoms with Crippen LogP contribution in [0.1, 0.15) is 48.2 Å². The minimum absolute atomic E-state index is 0.0133. The van der Waals surface area contributed by atoms with E-state index in [9.17, 15) is 9.59 Å². The van der Waals surface area contributed by atoms with Crippen LogP contribution in [0.4, 0.5) is 0 Å². The largest absolute Gasteiger partial charge is 0.483 e. The van der Waals surface area contributed by atoms with E-state index >= 15 is 0 Å². The molecule has 0 radical (unpaired) electrons. The van der Waals surface area contributed by atoms with Gasteiger partial charge in [0.1, 0.15) is 5.75 Å². The normalized spacial score (nSPS) is 21.7. The summed E-state index contributed by atoms with van der Waals surface area (Å²) in [5, 5.41) is 3.14. The Labute approximate surface area is 165 Å². The van der Waals surface area contributed by atoms with Crippen molar-refractivity contribution < 1.29 is 19.1 Å². The first-order chi connectivity index (χ1) is 13.6. The number of hydrogen-bond acceptors (Lipinski definition) is 4. The molecule has 0 aromatic heterocycles. The molecule has 2 aromatic carbocycles. The number of benzene rings is 2. The third-order valence-electron chi connectivity index (χ3n) is 4.87. The topological polar surface area (TPSA) is 90.6 Å². The van der Waals surface area contributed by atoms with Crippen LogP contribution in [0.15, 0.2) is 54.6 Å². The Morgan fingerprint density at radius 3 is 2.54 bits per heavy atom. The van der Waals surface area contributed by atoms with Gasteiger partial charge >= 0.3 is 0 Å². The van der Waals surface area contributed by atoms with Crippen molar-refractivity contribution in [3.8, 4) is 5.75 Å². The zero-order chi connectivity index (χ0) is 19.9. The van der Waals surface area contributed by atoms with Crippen molar-refractivity contribution in [2.75, 3.05) is 6.61 Å². The fourth-order valence-electron chi connectivity index (χ4n) is 3.48. The van der Waals surface area contributed by atoms with Crippen LogP contribution in [0.25, 0.3) is 0 Å². The predicted octanol–water partition coefficient (Wildman–Crippen LogP) is 2.98. The smallest absolute Gasteiger partial charge is 0.255 e. The van der Waals surface area contributed by atoms with Gasteiger partial charge in [-0.2, -0.15) is 0 Å². The van der Waals surface area contributed by atoms with Gasteiger partial charge in [-0.25, -0.2) is 0 Å². The summed E-state index contributed by atoms with van der Waals surface area (Å²) in [4.78, 5) is 23.7. The molecule has 6 heteroatoms. The van der Waals surface area contributed by atoms with E-state index in [0.29, 0.717) is 17.7 Å². The summed E-state index contributed by atoms with van der Waals surface area (Å²) in [6.07, 6.45) is 2.04. The summed E-state index contributed by atoms with van der Waals surface area (Å²) in [6.45, 7) is 1.88. The number of carbonyl (C=O) groups excluding carboxylic acids is 2. The molecule has 28 heavy (non-hydrogen) atoms. The van der Waals surface area contributed by atoms with Crippen molar-refractivity contribution in [2.45, 2.75) is 44.4 Å². The van der Waals surface area contributed by atoms with Crippen molar-refractivity contribution in [3.05, 3.63) is 65.7 Å². The molecule has 3 atom stereocenters. The Kier molecular flexibility index (Phi) is 6.66. The van der Waals surface area contributed by atoms with E-state index in [1.54, 1.807) is 18.2 Å². The van der Waals surface area contributed by atoms with E-state index in [2.05, 4.69) is 12.2 Å². The molecule has 1 heterocycles. The second kappa shape index (κ2) is 9.37. The van der Waals surface area contributed by atoms with E-state index < -0.39 is 5.91 Å². The minimum Gasteiger partial charge on any atom is -0.483 e. The molecule has 1 saturated heterocycles. The summed E-state index contributed by atoms with van der Waals surface area (Å²) in [7, 11) is 0. The van der Waals surface area contributed by atoms with Crippen LogP contribution >= 0.6 is 0 Å². The highest BCUT2D eigenvalue weighted by atomic mass is 16.5. The molecule has 3 N–H and O–H groups in total. The number of hydrogen-bond donors (Lipinski definition) is 2. The zero-order valence-electron chi connectivity index (χ0n) is 16.0. The van der Waals surface area contributed by atoms with Crippen LogP contribution in [-0.4, -0.2) is 30.6 Å². The molecule has 0 bridgehead atoms. The molecule has 0 spiro atoms. The second-order valence-corrected chi connectivity index (χ2v) is 6.96. The standard InChI is InChI=1S/C22H26N2O4/c1-2-17-12-16(24-22(26)15-8-4-3-5-9-15)13-20(28-17)18-10-6-7-11-19(18)27-14-21(23)25/h3-11,16-17,20H,2,12-14H2,1H3,(H2,23,25)(H,24,26)/t16-,17+,20+/m1/s1. The van der Waals surface area contributed by atoms with E-state index in [1.165, 1.54) is 0 Å². The lowest BCUT2D eigenvalue weighted by Crippen LogP contribution is -2.43. The molecule has 1 aliphatic heterocycles. The molecule has 3 rings (SSSR count).